The van der Waals surface area contributed by atoms with Gasteiger partial charge >= 0.3 is 0 Å². The van der Waals surface area contributed by atoms with Gasteiger partial charge in [0.2, 0.25) is 10.0 Å². The van der Waals surface area contributed by atoms with Gasteiger partial charge in [0.15, 0.2) is 5.13 Å². The Kier molecular flexibility index (Phi) is 8.33. The summed E-state index contributed by atoms with van der Waals surface area (Å²) in [7, 11) is 1.71. The topological polar surface area (TPSA) is 73.8 Å². The Balaban J connectivity index is 1.57. The van der Waals surface area contributed by atoms with E-state index in [-0.39, 0.29) is 23.2 Å². The first-order valence-electron chi connectivity index (χ1n) is 11.8. The third kappa shape index (κ3) is 6.40. The molecule has 1 amide bonds. The summed E-state index contributed by atoms with van der Waals surface area (Å²) in [6, 6.07) is 19.7. The van der Waals surface area contributed by atoms with Gasteiger partial charge < -0.3 is 4.90 Å². The van der Waals surface area contributed by atoms with Crippen molar-refractivity contribution in [1.82, 2.24) is 14.2 Å². The molecule has 1 aromatic heterocycles. The maximum atomic E-state index is 13.7. The summed E-state index contributed by atoms with van der Waals surface area (Å²) >= 11 is 1.25. The molecular formula is C27H29FN4O3S2. The second kappa shape index (κ2) is 11.5. The van der Waals surface area contributed by atoms with E-state index in [0.29, 0.717) is 33.9 Å². The molecule has 0 saturated carbocycles. The average Bonchev–Trinajstić information content (AvgIpc) is 3.29. The molecule has 0 spiro atoms. The van der Waals surface area contributed by atoms with Crippen LogP contribution in [0.3, 0.4) is 0 Å². The minimum Gasteiger partial charge on any atom is -0.309 e. The van der Waals surface area contributed by atoms with E-state index in [4.69, 9.17) is 0 Å². The highest BCUT2D eigenvalue weighted by Gasteiger charge is 2.24. The highest BCUT2D eigenvalue weighted by molar-refractivity contribution is 7.89. The first-order valence-corrected chi connectivity index (χ1v) is 14.0. The monoisotopic (exact) mass is 540 g/mol. The zero-order chi connectivity index (χ0) is 26.6. The molecule has 0 saturated heterocycles. The molecule has 1 heterocycles. The summed E-state index contributed by atoms with van der Waals surface area (Å²) in [5, 5.41) is 0.476. The van der Waals surface area contributed by atoms with E-state index in [2.05, 4.69) is 4.98 Å². The molecule has 0 aliphatic carbocycles. The molecule has 7 nitrogen and oxygen atoms in total. The fourth-order valence-electron chi connectivity index (χ4n) is 3.86. The van der Waals surface area contributed by atoms with E-state index in [1.54, 1.807) is 11.0 Å². The quantitative estimate of drug-likeness (QED) is 0.287. The number of fused-ring (bicyclic) bond motifs is 1. The van der Waals surface area contributed by atoms with E-state index in [0.717, 1.165) is 12.1 Å². The van der Waals surface area contributed by atoms with Gasteiger partial charge in [0.25, 0.3) is 5.91 Å². The summed E-state index contributed by atoms with van der Waals surface area (Å²) in [4.78, 5) is 21.8. The highest BCUT2D eigenvalue weighted by Crippen LogP contribution is 2.30. The number of hydrogen-bond donors (Lipinski definition) is 0. The Hall–Kier alpha value is -3.18. The van der Waals surface area contributed by atoms with Crippen LogP contribution in [0.5, 0.6) is 0 Å². The summed E-state index contributed by atoms with van der Waals surface area (Å²) in [5.74, 6) is -0.651. The van der Waals surface area contributed by atoms with Crippen LogP contribution in [0.1, 0.15) is 22.3 Å². The molecule has 10 heteroatoms. The predicted molar refractivity (Wildman–Crippen MR) is 146 cm³/mol. The van der Waals surface area contributed by atoms with Gasteiger partial charge in [0.1, 0.15) is 5.82 Å². The number of amides is 1. The molecule has 0 fully saturated rings. The van der Waals surface area contributed by atoms with E-state index < -0.39 is 10.0 Å². The fraction of sp³-hybridized carbons (Fsp3) is 0.259. The van der Waals surface area contributed by atoms with Crippen molar-refractivity contribution in [2.75, 3.05) is 39.1 Å². The van der Waals surface area contributed by atoms with Gasteiger partial charge in [-0.05, 0) is 75.1 Å². The van der Waals surface area contributed by atoms with Crippen molar-refractivity contribution in [3.63, 3.8) is 0 Å². The van der Waals surface area contributed by atoms with Crippen LogP contribution in [0.15, 0.2) is 77.7 Å². The predicted octanol–water partition coefficient (Wildman–Crippen LogP) is 4.85. The van der Waals surface area contributed by atoms with Crippen LogP contribution in [0.25, 0.3) is 10.2 Å². The average molecular weight is 541 g/mol. The summed E-state index contributed by atoms with van der Waals surface area (Å²) in [6.45, 7) is 1.43. The summed E-state index contributed by atoms with van der Waals surface area (Å²) in [6.07, 6.45) is 0.708. The lowest BCUT2D eigenvalue weighted by Gasteiger charge is -2.21. The lowest BCUT2D eigenvalue weighted by atomic mass is 10.2. The largest absolute Gasteiger partial charge is 0.309 e. The zero-order valence-corrected chi connectivity index (χ0v) is 22.6. The van der Waals surface area contributed by atoms with Crippen molar-refractivity contribution in [3.8, 4) is 0 Å². The van der Waals surface area contributed by atoms with Gasteiger partial charge in [-0.15, -0.1) is 0 Å². The number of carbonyl (C=O) groups excluding carboxylic acids is 1. The molecule has 0 aliphatic heterocycles. The molecule has 0 bridgehead atoms. The van der Waals surface area contributed by atoms with Gasteiger partial charge in [-0.3, -0.25) is 9.69 Å². The number of carbonyl (C=O) groups is 1. The molecule has 4 rings (SSSR count). The summed E-state index contributed by atoms with van der Waals surface area (Å²) < 4.78 is 41.8. The Labute approximate surface area is 220 Å². The van der Waals surface area contributed by atoms with Crippen molar-refractivity contribution in [2.24, 2.45) is 0 Å². The molecule has 37 heavy (non-hydrogen) atoms. The molecule has 0 unspecified atom stereocenters. The van der Waals surface area contributed by atoms with Gasteiger partial charge in [-0.25, -0.2) is 17.8 Å². The normalized spacial score (nSPS) is 11.9. The Morgan fingerprint density at radius 2 is 1.65 bits per heavy atom. The van der Waals surface area contributed by atoms with Gasteiger partial charge in [-0.2, -0.15) is 4.31 Å². The number of aromatic nitrogens is 1. The van der Waals surface area contributed by atoms with Gasteiger partial charge in [-0.1, -0.05) is 41.7 Å². The zero-order valence-electron chi connectivity index (χ0n) is 21.0. The second-order valence-corrected chi connectivity index (χ2v) is 12.0. The number of benzene rings is 3. The molecule has 0 aliphatic rings. The Morgan fingerprint density at radius 3 is 2.32 bits per heavy atom. The maximum Gasteiger partial charge on any atom is 0.260 e. The number of hydrogen-bond acceptors (Lipinski definition) is 6. The Bertz CT molecular complexity index is 1470. The number of halogens is 1. The molecule has 4 aromatic rings. The summed E-state index contributed by atoms with van der Waals surface area (Å²) in [5.41, 5.74) is 1.85. The molecule has 0 N–H and O–H groups in total. The van der Waals surface area contributed by atoms with Gasteiger partial charge in [0, 0.05) is 25.7 Å². The van der Waals surface area contributed by atoms with Crippen LogP contribution in [0.2, 0.25) is 0 Å². The van der Waals surface area contributed by atoms with Crippen LogP contribution in [-0.2, 0) is 16.6 Å². The molecule has 0 radical (unpaired) electrons. The number of nitrogens with zero attached hydrogens (tertiary/aromatic N) is 4. The molecule has 3 aromatic carbocycles. The molecular weight excluding hydrogens is 511 g/mol. The first-order chi connectivity index (χ1) is 17.6. The van der Waals surface area contributed by atoms with Crippen molar-refractivity contribution >= 4 is 42.6 Å². The second-order valence-electron chi connectivity index (χ2n) is 8.99. The lowest BCUT2D eigenvalue weighted by molar-refractivity contribution is 0.0986. The third-order valence-electron chi connectivity index (χ3n) is 5.86. The van der Waals surface area contributed by atoms with Crippen LogP contribution in [0, 0.1) is 5.82 Å². The third-order valence-corrected chi connectivity index (χ3v) is 8.72. The standard InChI is InChI=1S/C27H29FN4O3S2/c1-30(2)16-7-17-32(27-29-24-15-12-22(28)18-25(24)36-27)26(33)21-10-13-23(14-11-21)37(34,35)31(3)19-20-8-5-4-6-9-20/h4-6,8-15,18H,7,16-17,19H2,1-3H3. The van der Waals surface area contributed by atoms with Crippen molar-refractivity contribution in [3.05, 3.63) is 89.7 Å². The Morgan fingerprint density at radius 1 is 0.946 bits per heavy atom. The number of anilines is 1. The smallest absolute Gasteiger partial charge is 0.260 e. The van der Waals surface area contributed by atoms with Crippen LogP contribution < -0.4 is 4.90 Å². The maximum absolute atomic E-state index is 13.7. The van der Waals surface area contributed by atoms with Crippen LogP contribution in [-0.4, -0.2) is 62.7 Å². The van der Waals surface area contributed by atoms with E-state index >= 15 is 0 Å². The molecule has 0 atom stereocenters. The van der Waals surface area contributed by atoms with Crippen LogP contribution >= 0.6 is 11.3 Å². The molecule has 194 valence electrons. The van der Waals surface area contributed by atoms with Crippen molar-refractivity contribution < 1.29 is 17.6 Å². The minimum atomic E-state index is -3.74. The SMILES string of the molecule is CN(C)CCCN(C(=O)c1ccc(S(=O)(=O)N(C)Cc2ccccc2)cc1)c1nc2ccc(F)cc2s1. The van der Waals surface area contributed by atoms with Crippen molar-refractivity contribution in [1.29, 1.82) is 0 Å². The van der Waals surface area contributed by atoms with E-state index in [1.807, 2.05) is 49.3 Å². The first kappa shape index (κ1) is 26.9. The lowest BCUT2D eigenvalue weighted by Crippen LogP contribution is -2.33. The number of rotatable bonds is 10. The van der Waals surface area contributed by atoms with E-state index in [1.165, 1.54) is 59.1 Å². The van der Waals surface area contributed by atoms with E-state index in [9.17, 15) is 17.6 Å². The number of thiazole rings is 1. The van der Waals surface area contributed by atoms with Crippen molar-refractivity contribution in [2.45, 2.75) is 17.9 Å². The van der Waals surface area contributed by atoms with Gasteiger partial charge in [0.05, 0.1) is 15.1 Å². The van der Waals surface area contributed by atoms with Crippen LogP contribution in [0.4, 0.5) is 9.52 Å². The number of sulfonamides is 1. The minimum absolute atomic E-state index is 0.108. The fourth-order valence-corrected chi connectivity index (χ4v) is 6.04. The highest BCUT2D eigenvalue weighted by atomic mass is 32.2.